The van der Waals surface area contributed by atoms with Crippen LogP contribution in [0.15, 0.2) is 55.1 Å². The summed E-state index contributed by atoms with van der Waals surface area (Å²) in [7, 11) is 0. The van der Waals surface area contributed by atoms with Gasteiger partial charge in [-0.15, -0.1) is 0 Å². The number of nitrogens with zero attached hydrogens (tertiary/aromatic N) is 4. The molecule has 9 heteroatoms. The highest BCUT2D eigenvalue weighted by Gasteiger charge is 2.19. The Bertz CT molecular complexity index is 1220. The number of carbonyl (C=O) groups excluding carboxylic acids is 1. The predicted octanol–water partition coefficient (Wildman–Crippen LogP) is 2.82. The largest absolute Gasteiger partial charge is 0.383 e. The van der Waals surface area contributed by atoms with Gasteiger partial charge in [-0.2, -0.15) is 0 Å². The Morgan fingerprint density at radius 2 is 1.90 bits per heavy atom. The molecule has 0 atom stereocenters. The highest BCUT2D eigenvalue weighted by Crippen LogP contribution is 2.30. The van der Waals surface area contributed by atoms with E-state index in [-0.39, 0.29) is 5.91 Å². The lowest BCUT2D eigenvalue weighted by molar-refractivity contribution is 0.0303. The minimum atomic E-state index is 0.00968. The molecule has 0 radical (unpaired) electrons. The van der Waals surface area contributed by atoms with E-state index in [0.29, 0.717) is 54.5 Å². The summed E-state index contributed by atoms with van der Waals surface area (Å²) in [6, 6.07) is 9.36. The molecule has 4 N–H and O–H groups in total. The zero-order valence-electron chi connectivity index (χ0n) is 16.7. The second-order valence-electron chi connectivity index (χ2n) is 7.22. The number of pyridine rings is 1. The van der Waals surface area contributed by atoms with Crippen LogP contribution in [0.5, 0.6) is 0 Å². The number of aromatic nitrogens is 4. The van der Waals surface area contributed by atoms with Crippen LogP contribution in [0.1, 0.15) is 10.4 Å². The Balaban J connectivity index is 1.48. The molecule has 1 aliphatic rings. The van der Waals surface area contributed by atoms with Gasteiger partial charge >= 0.3 is 0 Å². The van der Waals surface area contributed by atoms with Gasteiger partial charge < -0.3 is 25.7 Å². The van der Waals surface area contributed by atoms with Gasteiger partial charge in [-0.1, -0.05) is 12.1 Å². The van der Waals surface area contributed by atoms with Crippen LogP contribution in [-0.4, -0.2) is 57.0 Å². The van der Waals surface area contributed by atoms with Crippen molar-refractivity contribution in [2.75, 3.05) is 37.4 Å². The van der Waals surface area contributed by atoms with E-state index in [1.54, 1.807) is 12.4 Å². The third kappa shape index (κ3) is 3.78. The lowest BCUT2D eigenvalue weighted by atomic mass is 10.0. The minimum Gasteiger partial charge on any atom is -0.383 e. The Hall–Kier alpha value is -3.98. The molecule has 0 aliphatic carbocycles. The number of amides is 1. The van der Waals surface area contributed by atoms with E-state index in [1.807, 2.05) is 47.6 Å². The molecule has 4 aromatic rings. The number of hydrogen-bond donors (Lipinski definition) is 3. The van der Waals surface area contributed by atoms with Crippen molar-refractivity contribution < 1.29 is 9.53 Å². The molecule has 0 spiro atoms. The molecule has 9 nitrogen and oxygen atoms in total. The number of benzene rings is 1. The average molecular weight is 415 g/mol. The van der Waals surface area contributed by atoms with Crippen molar-refractivity contribution in [3.05, 3.63) is 60.7 Å². The number of H-pyrrole nitrogens is 1. The summed E-state index contributed by atoms with van der Waals surface area (Å²) in [5, 5.41) is 3.83. The third-order valence-corrected chi connectivity index (χ3v) is 5.25. The zero-order valence-corrected chi connectivity index (χ0v) is 16.7. The standard InChI is InChI=1S/C22H21N7O2/c23-20-18-13-26-22(27-16-5-6-24-11-16)28-19(18)17(12-25-20)14-1-3-15(4-2-14)21(30)29-7-9-31-10-8-29/h1-6,11-13,24H,7-10H2,(H2,23,25)(H,26,27,28). The fourth-order valence-corrected chi connectivity index (χ4v) is 3.58. The second kappa shape index (κ2) is 8.04. The Morgan fingerprint density at radius 3 is 2.65 bits per heavy atom. The molecule has 0 unspecified atom stereocenters. The number of anilines is 3. The van der Waals surface area contributed by atoms with Crippen LogP contribution in [0.2, 0.25) is 0 Å². The minimum absolute atomic E-state index is 0.00968. The maximum Gasteiger partial charge on any atom is 0.254 e. The Morgan fingerprint density at radius 1 is 1.10 bits per heavy atom. The fourth-order valence-electron chi connectivity index (χ4n) is 3.58. The van der Waals surface area contributed by atoms with E-state index in [2.05, 4.69) is 25.3 Å². The summed E-state index contributed by atoms with van der Waals surface area (Å²) in [5.74, 6) is 0.833. The molecular weight excluding hydrogens is 394 g/mol. The number of nitrogens with two attached hydrogens (primary N) is 1. The van der Waals surface area contributed by atoms with E-state index in [4.69, 9.17) is 10.5 Å². The number of aromatic amines is 1. The lowest BCUT2D eigenvalue weighted by Crippen LogP contribution is -2.40. The Labute approximate surface area is 178 Å². The highest BCUT2D eigenvalue weighted by atomic mass is 16.5. The molecule has 5 rings (SSSR count). The highest BCUT2D eigenvalue weighted by molar-refractivity contribution is 5.99. The molecule has 1 saturated heterocycles. The van der Waals surface area contributed by atoms with E-state index < -0.39 is 0 Å². The smallest absolute Gasteiger partial charge is 0.254 e. The van der Waals surface area contributed by atoms with Crippen molar-refractivity contribution in [2.24, 2.45) is 0 Å². The van der Waals surface area contributed by atoms with Crippen LogP contribution in [0, 0.1) is 0 Å². The van der Waals surface area contributed by atoms with E-state index in [9.17, 15) is 4.79 Å². The van der Waals surface area contributed by atoms with Gasteiger partial charge in [-0.25, -0.2) is 15.0 Å². The quantitative estimate of drug-likeness (QED) is 0.468. The first-order chi connectivity index (χ1) is 15.2. The first-order valence-corrected chi connectivity index (χ1v) is 9.97. The SMILES string of the molecule is Nc1ncc(-c2ccc(C(=O)N3CCOCC3)cc2)c2nc(Nc3cc[nH]c3)ncc12. The average Bonchev–Trinajstić information content (AvgIpc) is 3.33. The molecule has 31 heavy (non-hydrogen) atoms. The molecule has 1 aromatic carbocycles. The second-order valence-corrected chi connectivity index (χ2v) is 7.22. The van der Waals surface area contributed by atoms with Gasteiger partial charge in [-0.05, 0) is 23.8 Å². The maximum absolute atomic E-state index is 12.7. The van der Waals surface area contributed by atoms with Crippen molar-refractivity contribution in [3.8, 4) is 11.1 Å². The van der Waals surface area contributed by atoms with Gasteiger partial charge in [0.25, 0.3) is 5.91 Å². The Kier molecular flexibility index (Phi) is 4.93. The molecule has 1 amide bonds. The molecule has 1 fully saturated rings. The van der Waals surface area contributed by atoms with Gasteiger partial charge in [0.15, 0.2) is 0 Å². The zero-order chi connectivity index (χ0) is 21.2. The van der Waals surface area contributed by atoms with Crippen LogP contribution in [-0.2, 0) is 4.74 Å². The van der Waals surface area contributed by atoms with Crippen LogP contribution in [0.25, 0.3) is 22.0 Å². The summed E-state index contributed by atoms with van der Waals surface area (Å²) in [5.41, 5.74) is 9.95. The summed E-state index contributed by atoms with van der Waals surface area (Å²) in [6.07, 6.45) is 7.00. The van der Waals surface area contributed by atoms with Crippen molar-refractivity contribution in [2.45, 2.75) is 0 Å². The van der Waals surface area contributed by atoms with Crippen molar-refractivity contribution >= 4 is 34.3 Å². The monoisotopic (exact) mass is 415 g/mol. The van der Waals surface area contributed by atoms with Crippen molar-refractivity contribution in [1.82, 2.24) is 24.8 Å². The number of rotatable bonds is 4. The summed E-state index contributed by atoms with van der Waals surface area (Å²) >= 11 is 0. The van der Waals surface area contributed by atoms with Crippen LogP contribution < -0.4 is 11.1 Å². The molecule has 1 aliphatic heterocycles. The number of nitrogens with one attached hydrogen (secondary N) is 2. The van der Waals surface area contributed by atoms with E-state index in [0.717, 1.165) is 16.8 Å². The normalized spacial score (nSPS) is 14.0. The number of carbonyl (C=O) groups is 1. The first-order valence-electron chi connectivity index (χ1n) is 9.97. The van der Waals surface area contributed by atoms with Crippen molar-refractivity contribution in [1.29, 1.82) is 0 Å². The number of hydrogen-bond acceptors (Lipinski definition) is 7. The summed E-state index contributed by atoms with van der Waals surface area (Å²) in [4.78, 5) is 30.8. The van der Waals surface area contributed by atoms with E-state index in [1.165, 1.54) is 0 Å². The summed E-state index contributed by atoms with van der Waals surface area (Å²) in [6.45, 7) is 2.37. The number of ether oxygens (including phenoxy) is 1. The van der Waals surface area contributed by atoms with Gasteiger partial charge in [0.2, 0.25) is 5.95 Å². The molecule has 0 saturated carbocycles. The van der Waals surface area contributed by atoms with Crippen molar-refractivity contribution in [3.63, 3.8) is 0 Å². The topological polar surface area (TPSA) is 122 Å². The van der Waals surface area contributed by atoms with Gasteiger partial charge in [0, 0.05) is 49.0 Å². The maximum atomic E-state index is 12.7. The molecular formula is C22H21N7O2. The van der Waals surface area contributed by atoms with Gasteiger partial charge in [0.05, 0.1) is 29.8 Å². The molecule has 3 aromatic heterocycles. The van der Waals surface area contributed by atoms with Crippen LogP contribution >= 0.6 is 0 Å². The third-order valence-electron chi connectivity index (χ3n) is 5.25. The van der Waals surface area contributed by atoms with Gasteiger partial charge in [-0.3, -0.25) is 4.79 Å². The first kappa shape index (κ1) is 19.0. The fraction of sp³-hybridized carbons (Fsp3) is 0.182. The van der Waals surface area contributed by atoms with Gasteiger partial charge in [0.1, 0.15) is 5.82 Å². The number of morpholine rings is 1. The molecule has 4 heterocycles. The number of nitrogen functional groups attached to an aromatic ring is 1. The van der Waals surface area contributed by atoms with Crippen LogP contribution in [0.4, 0.5) is 17.5 Å². The lowest BCUT2D eigenvalue weighted by Gasteiger charge is -2.26. The van der Waals surface area contributed by atoms with E-state index >= 15 is 0 Å². The van der Waals surface area contributed by atoms with Crippen LogP contribution in [0.3, 0.4) is 0 Å². The summed E-state index contributed by atoms with van der Waals surface area (Å²) < 4.78 is 5.33. The predicted molar refractivity (Wildman–Crippen MR) is 118 cm³/mol. The molecule has 0 bridgehead atoms. The molecule has 156 valence electrons. The number of fused-ring (bicyclic) bond motifs is 1.